The number of nitrogens with zero attached hydrogens (tertiary/aromatic N) is 1. The number of halogens is 1. The zero-order valence-electron chi connectivity index (χ0n) is 14.6. The maximum absolute atomic E-state index is 13.0. The number of piperidine rings is 1. The number of hydrogen-bond donors (Lipinski definition) is 2. The van der Waals surface area contributed by atoms with Crippen LogP contribution in [0.1, 0.15) is 35.9 Å². The molecular weight excluding hydrogens is 390 g/mol. The molecule has 26 heavy (non-hydrogen) atoms. The van der Waals surface area contributed by atoms with E-state index < -0.39 is 0 Å². The van der Waals surface area contributed by atoms with E-state index in [9.17, 15) is 4.79 Å². The maximum Gasteiger partial charge on any atom is 0.242 e. The second-order valence-corrected chi connectivity index (χ2v) is 8.17. The average Bonchev–Trinajstić information content (AvgIpc) is 3.10. The lowest BCUT2D eigenvalue weighted by atomic mass is 9.89. The van der Waals surface area contributed by atoms with Gasteiger partial charge in [0.05, 0.1) is 10.9 Å². The van der Waals surface area contributed by atoms with Gasteiger partial charge in [-0.05, 0) is 29.9 Å². The van der Waals surface area contributed by atoms with Crippen molar-refractivity contribution in [2.24, 2.45) is 0 Å². The zero-order valence-corrected chi connectivity index (χ0v) is 16.2. The first-order chi connectivity index (χ1) is 12.7. The van der Waals surface area contributed by atoms with Gasteiger partial charge < -0.3 is 4.90 Å². The molecule has 2 aromatic carbocycles. The Balaban J connectivity index is 1.37. The highest BCUT2D eigenvalue weighted by Crippen LogP contribution is 2.32. The highest BCUT2D eigenvalue weighted by molar-refractivity contribution is 9.09. The Morgan fingerprint density at radius 1 is 0.885 bits per heavy atom. The van der Waals surface area contributed by atoms with E-state index in [1.54, 1.807) is 0 Å². The molecule has 0 saturated carbocycles. The van der Waals surface area contributed by atoms with Gasteiger partial charge in [0.15, 0.2) is 0 Å². The van der Waals surface area contributed by atoms with Gasteiger partial charge in [-0.1, -0.05) is 76.6 Å². The lowest BCUT2D eigenvalue weighted by Gasteiger charge is -2.34. The quantitative estimate of drug-likeness (QED) is 0.758. The highest BCUT2D eigenvalue weighted by Gasteiger charge is 2.41. The number of alkyl halides is 1. The predicted molar refractivity (Wildman–Crippen MR) is 107 cm³/mol. The molecule has 3 unspecified atom stereocenters. The minimum Gasteiger partial charge on any atom is -0.341 e. The molecule has 4 rings (SSSR count). The van der Waals surface area contributed by atoms with Crippen molar-refractivity contribution in [1.29, 1.82) is 0 Å². The van der Waals surface area contributed by atoms with Gasteiger partial charge in [0.25, 0.3) is 0 Å². The van der Waals surface area contributed by atoms with Gasteiger partial charge in [-0.3, -0.25) is 4.79 Å². The molecule has 2 saturated heterocycles. The summed E-state index contributed by atoms with van der Waals surface area (Å²) >= 11 is 3.75. The molecule has 2 heterocycles. The van der Waals surface area contributed by atoms with Gasteiger partial charge in [-0.25, -0.2) is 10.9 Å². The lowest BCUT2D eigenvalue weighted by molar-refractivity contribution is -0.134. The molecule has 5 heteroatoms. The first kappa shape index (κ1) is 17.7. The standard InChI is InChI=1S/C21H24BrN3O/c22-18-19(17-9-5-2-6-10-17)23-24-20(18)21(26)25-13-11-16(12-14-25)15-7-3-1-4-8-15/h1-10,16,18-20,23-24H,11-14H2. The van der Waals surface area contributed by atoms with E-state index in [4.69, 9.17) is 0 Å². The average molecular weight is 414 g/mol. The third-order valence-corrected chi connectivity index (χ3v) is 6.59. The first-order valence-corrected chi connectivity index (χ1v) is 10.2. The zero-order chi connectivity index (χ0) is 17.9. The summed E-state index contributed by atoms with van der Waals surface area (Å²) in [4.78, 5) is 15.1. The number of likely N-dealkylation sites (tertiary alicyclic amines) is 1. The van der Waals surface area contributed by atoms with Gasteiger partial charge >= 0.3 is 0 Å². The van der Waals surface area contributed by atoms with Crippen LogP contribution in [0.4, 0.5) is 0 Å². The molecule has 4 nitrogen and oxygen atoms in total. The number of benzene rings is 2. The van der Waals surface area contributed by atoms with Crippen molar-refractivity contribution in [3.05, 3.63) is 71.8 Å². The van der Waals surface area contributed by atoms with Crippen molar-refractivity contribution in [2.75, 3.05) is 13.1 Å². The predicted octanol–water partition coefficient (Wildman–Crippen LogP) is 3.37. The molecule has 0 spiro atoms. The molecule has 0 bridgehead atoms. The SMILES string of the molecule is O=C(C1NNC(c2ccccc2)C1Br)N1CCC(c2ccccc2)CC1. The Morgan fingerprint density at radius 2 is 1.46 bits per heavy atom. The van der Waals surface area contributed by atoms with Crippen LogP contribution in [0.15, 0.2) is 60.7 Å². The van der Waals surface area contributed by atoms with Crippen molar-refractivity contribution in [3.63, 3.8) is 0 Å². The molecule has 136 valence electrons. The van der Waals surface area contributed by atoms with Gasteiger partial charge in [0, 0.05) is 13.1 Å². The van der Waals surface area contributed by atoms with Crippen LogP contribution < -0.4 is 10.9 Å². The molecule has 2 aliphatic rings. The second kappa shape index (κ2) is 7.91. The summed E-state index contributed by atoms with van der Waals surface area (Å²) in [5.74, 6) is 0.746. The largest absolute Gasteiger partial charge is 0.341 e. The fraction of sp³-hybridized carbons (Fsp3) is 0.381. The van der Waals surface area contributed by atoms with E-state index in [2.05, 4.69) is 69.2 Å². The van der Waals surface area contributed by atoms with Crippen LogP contribution in [0, 0.1) is 0 Å². The molecule has 2 aromatic rings. The van der Waals surface area contributed by atoms with Gasteiger partial charge in [0.1, 0.15) is 6.04 Å². The van der Waals surface area contributed by atoms with Gasteiger partial charge in [-0.15, -0.1) is 0 Å². The van der Waals surface area contributed by atoms with Gasteiger partial charge in [-0.2, -0.15) is 0 Å². The molecule has 0 aromatic heterocycles. The Bertz CT molecular complexity index is 731. The lowest BCUT2D eigenvalue weighted by Crippen LogP contribution is -2.50. The van der Waals surface area contributed by atoms with Crippen LogP contribution in [-0.2, 0) is 4.79 Å². The summed E-state index contributed by atoms with van der Waals surface area (Å²) in [7, 11) is 0. The molecule has 1 amide bonds. The van der Waals surface area contributed by atoms with Crippen molar-refractivity contribution in [3.8, 4) is 0 Å². The van der Waals surface area contributed by atoms with Crippen LogP contribution in [0.3, 0.4) is 0 Å². The van der Waals surface area contributed by atoms with Crippen LogP contribution in [0.2, 0.25) is 0 Å². The second-order valence-electron chi connectivity index (χ2n) is 7.11. The number of amides is 1. The summed E-state index contributed by atoms with van der Waals surface area (Å²) in [6.07, 6.45) is 2.07. The molecular formula is C21H24BrN3O. The Kier molecular flexibility index (Phi) is 5.38. The molecule has 2 N–H and O–H groups in total. The third-order valence-electron chi connectivity index (χ3n) is 5.53. The third kappa shape index (κ3) is 3.56. The van der Waals surface area contributed by atoms with Crippen LogP contribution in [0.25, 0.3) is 0 Å². The fourth-order valence-corrected chi connectivity index (χ4v) is 4.81. The molecule has 2 aliphatic heterocycles. The maximum atomic E-state index is 13.0. The summed E-state index contributed by atoms with van der Waals surface area (Å²) in [5, 5.41) is 0. The van der Waals surface area contributed by atoms with E-state index in [1.807, 2.05) is 23.1 Å². The molecule has 3 atom stereocenters. The van der Waals surface area contributed by atoms with E-state index in [-0.39, 0.29) is 22.8 Å². The minimum atomic E-state index is -0.242. The highest BCUT2D eigenvalue weighted by atomic mass is 79.9. The van der Waals surface area contributed by atoms with E-state index >= 15 is 0 Å². The van der Waals surface area contributed by atoms with Crippen LogP contribution in [-0.4, -0.2) is 34.8 Å². The number of carbonyl (C=O) groups excluding carboxylic acids is 1. The van der Waals surface area contributed by atoms with Crippen molar-refractivity contribution < 1.29 is 4.79 Å². The number of carbonyl (C=O) groups is 1. The molecule has 0 aliphatic carbocycles. The number of rotatable bonds is 3. The number of hydrazine groups is 1. The van der Waals surface area contributed by atoms with Crippen molar-refractivity contribution in [2.45, 2.75) is 35.7 Å². The Labute approximate surface area is 163 Å². The normalized spacial score (nSPS) is 26.8. The smallest absolute Gasteiger partial charge is 0.242 e. The summed E-state index contributed by atoms with van der Waals surface area (Å²) in [6.45, 7) is 1.65. The van der Waals surface area contributed by atoms with Crippen molar-refractivity contribution >= 4 is 21.8 Å². The van der Waals surface area contributed by atoms with Crippen LogP contribution in [0.5, 0.6) is 0 Å². The van der Waals surface area contributed by atoms with Gasteiger partial charge in [0.2, 0.25) is 5.91 Å². The summed E-state index contributed by atoms with van der Waals surface area (Å²) in [6, 6.07) is 20.7. The van der Waals surface area contributed by atoms with E-state index in [0.29, 0.717) is 5.92 Å². The Morgan fingerprint density at radius 3 is 2.08 bits per heavy atom. The minimum absolute atomic E-state index is 0.0317. The summed E-state index contributed by atoms with van der Waals surface area (Å²) < 4.78 is 0. The first-order valence-electron chi connectivity index (χ1n) is 9.28. The van der Waals surface area contributed by atoms with E-state index in [1.165, 1.54) is 11.1 Å². The number of hydrogen-bond acceptors (Lipinski definition) is 3. The fourth-order valence-electron chi connectivity index (χ4n) is 4.01. The van der Waals surface area contributed by atoms with E-state index in [0.717, 1.165) is 25.9 Å². The molecule has 2 fully saturated rings. The topological polar surface area (TPSA) is 44.4 Å². The molecule has 0 radical (unpaired) electrons. The van der Waals surface area contributed by atoms with Crippen molar-refractivity contribution in [1.82, 2.24) is 15.8 Å². The monoisotopic (exact) mass is 413 g/mol. The Hall–Kier alpha value is -1.69. The van der Waals surface area contributed by atoms with Crippen LogP contribution >= 0.6 is 15.9 Å². The number of nitrogens with one attached hydrogen (secondary N) is 2. The summed E-state index contributed by atoms with van der Waals surface area (Å²) in [5.41, 5.74) is 9.06.